The second-order valence-corrected chi connectivity index (χ2v) is 5.69. The van der Waals surface area contributed by atoms with Crippen LogP contribution in [0.5, 0.6) is 0 Å². The van der Waals surface area contributed by atoms with Crippen LogP contribution in [0, 0.1) is 0 Å². The van der Waals surface area contributed by atoms with Crippen molar-refractivity contribution in [1.29, 1.82) is 0 Å². The van der Waals surface area contributed by atoms with Gasteiger partial charge in [-0.2, -0.15) is 0 Å². The van der Waals surface area contributed by atoms with Crippen LogP contribution in [-0.4, -0.2) is 16.4 Å². The van der Waals surface area contributed by atoms with E-state index in [4.69, 9.17) is 9.47 Å². The Bertz CT molecular complexity index is 175. The van der Waals surface area contributed by atoms with E-state index in [1.54, 1.807) is 0 Å². The molecule has 4 heteroatoms. The maximum atomic E-state index is 11.3. The Hall–Kier alpha value is 0. The molecular weight excluding hydrogens is 319 g/mol. The van der Waals surface area contributed by atoms with Gasteiger partial charge in [0.05, 0.1) is 0 Å². The minimum Gasteiger partial charge on any atom is -0.431 e. The first-order valence-electron chi connectivity index (χ1n) is 6.11. The van der Waals surface area contributed by atoms with Gasteiger partial charge in [-0.05, 0) is 42.4 Å². The lowest BCUT2D eigenvalue weighted by atomic mass is 10.1. The van der Waals surface area contributed by atoms with E-state index in [1.165, 1.54) is 0 Å². The van der Waals surface area contributed by atoms with Gasteiger partial charge in [0.1, 0.15) is 6.10 Å². The van der Waals surface area contributed by atoms with Crippen molar-refractivity contribution in [1.82, 2.24) is 0 Å². The number of carbonyl (C=O) groups is 1. The fraction of sp³-hybridized carbons (Fsp3) is 0.917. The van der Waals surface area contributed by atoms with Gasteiger partial charge in [-0.15, -0.1) is 0 Å². The molecule has 0 aliphatic carbocycles. The molecule has 1 unspecified atom stereocenters. The molecule has 16 heavy (non-hydrogen) atoms. The standard InChI is InChI=1S/C12H23IO3/c1-4-6-8-11(9-7-5-2)16-12(14)15-10(3)13/h10-11H,4-9H2,1-3H3. The van der Waals surface area contributed by atoms with Gasteiger partial charge in [0, 0.05) is 0 Å². The first kappa shape index (κ1) is 16.0. The van der Waals surface area contributed by atoms with Gasteiger partial charge in [0.25, 0.3) is 0 Å². The number of hydrogen-bond donors (Lipinski definition) is 0. The Kier molecular flexibility index (Phi) is 10.2. The van der Waals surface area contributed by atoms with Gasteiger partial charge in [-0.1, -0.05) is 39.5 Å². The fourth-order valence-corrected chi connectivity index (χ4v) is 1.63. The second kappa shape index (κ2) is 10.2. The highest BCUT2D eigenvalue weighted by atomic mass is 127. The maximum absolute atomic E-state index is 11.3. The van der Waals surface area contributed by atoms with Gasteiger partial charge < -0.3 is 9.47 Å². The third kappa shape index (κ3) is 9.24. The summed E-state index contributed by atoms with van der Waals surface area (Å²) in [5.74, 6) is 0. The highest BCUT2D eigenvalue weighted by Crippen LogP contribution is 2.14. The highest BCUT2D eigenvalue weighted by Gasteiger charge is 2.15. The van der Waals surface area contributed by atoms with Crippen molar-refractivity contribution in [2.24, 2.45) is 0 Å². The molecule has 0 bridgehead atoms. The summed E-state index contributed by atoms with van der Waals surface area (Å²) in [6.07, 6.45) is 5.85. The summed E-state index contributed by atoms with van der Waals surface area (Å²) in [6, 6.07) is 0. The largest absolute Gasteiger partial charge is 0.509 e. The number of unbranched alkanes of at least 4 members (excludes halogenated alkanes) is 2. The Morgan fingerprint density at radius 2 is 1.62 bits per heavy atom. The van der Waals surface area contributed by atoms with E-state index in [1.807, 2.05) is 29.5 Å². The van der Waals surface area contributed by atoms with Crippen LogP contribution in [0.1, 0.15) is 59.3 Å². The van der Waals surface area contributed by atoms with Crippen molar-refractivity contribution < 1.29 is 14.3 Å². The summed E-state index contributed by atoms with van der Waals surface area (Å²) < 4.78 is 10.1. The molecule has 0 aromatic carbocycles. The first-order chi connectivity index (χ1) is 7.60. The molecule has 0 heterocycles. The van der Waals surface area contributed by atoms with Crippen LogP contribution in [0.25, 0.3) is 0 Å². The monoisotopic (exact) mass is 342 g/mol. The van der Waals surface area contributed by atoms with E-state index in [2.05, 4.69) is 13.8 Å². The van der Waals surface area contributed by atoms with E-state index < -0.39 is 6.16 Å². The van der Waals surface area contributed by atoms with Crippen LogP contribution in [0.4, 0.5) is 4.79 Å². The zero-order chi connectivity index (χ0) is 12.4. The van der Waals surface area contributed by atoms with Crippen LogP contribution in [-0.2, 0) is 9.47 Å². The first-order valence-corrected chi connectivity index (χ1v) is 7.36. The van der Waals surface area contributed by atoms with Crippen molar-refractivity contribution in [2.75, 3.05) is 0 Å². The number of carbonyl (C=O) groups excluding carboxylic acids is 1. The van der Waals surface area contributed by atoms with Crippen LogP contribution in [0.15, 0.2) is 0 Å². The Morgan fingerprint density at radius 1 is 1.12 bits per heavy atom. The van der Waals surface area contributed by atoms with Gasteiger partial charge in [0.2, 0.25) is 0 Å². The molecule has 0 aromatic heterocycles. The molecule has 96 valence electrons. The van der Waals surface area contributed by atoms with Crippen LogP contribution in [0.3, 0.4) is 0 Å². The zero-order valence-electron chi connectivity index (χ0n) is 10.5. The summed E-state index contributed by atoms with van der Waals surface area (Å²) in [5, 5.41) is 0. The average Bonchev–Trinajstić information content (AvgIpc) is 2.20. The highest BCUT2D eigenvalue weighted by molar-refractivity contribution is 14.1. The summed E-state index contributed by atoms with van der Waals surface area (Å²) >= 11 is 2.04. The van der Waals surface area contributed by atoms with Crippen molar-refractivity contribution in [3.8, 4) is 0 Å². The van der Waals surface area contributed by atoms with E-state index in [9.17, 15) is 4.79 Å². The van der Waals surface area contributed by atoms with Crippen molar-refractivity contribution >= 4 is 28.7 Å². The van der Waals surface area contributed by atoms with E-state index in [0.29, 0.717) is 0 Å². The van der Waals surface area contributed by atoms with E-state index >= 15 is 0 Å². The minimum absolute atomic E-state index is 0.0301. The summed E-state index contributed by atoms with van der Waals surface area (Å²) in [6.45, 7) is 6.10. The summed E-state index contributed by atoms with van der Waals surface area (Å²) in [7, 11) is 0. The normalized spacial score (nSPS) is 12.6. The molecule has 0 N–H and O–H groups in total. The summed E-state index contributed by atoms with van der Waals surface area (Å²) in [4.78, 5) is 11.3. The predicted molar refractivity (Wildman–Crippen MR) is 73.9 cm³/mol. The molecule has 0 aliphatic rings. The summed E-state index contributed by atoms with van der Waals surface area (Å²) in [5.41, 5.74) is 0. The molecule has 3 nitrogen and oxygen atoms in total. The molecule has 0 amide bonds. The Balaban J connectivity index is 3.92. The SMILES string of the molecule is CCCCC(CCCC)OC(=O)OC(C)I. The zero-order valence-corrected chi connectivity index (χ0v) is 12.7. The Morgan fingerprint density at radius 3 is 2.00 bits per heavy atom. The molecular formula is C12H23IO3. The number of alkyl halides is 1. The predicted octanol–water partition coefficient (Wildman–Crippen LogP) is 4.67. The average molecular weight is 342 g/mol. The van der Waals surface area contributed by atoms with Gasteiger partial charge >= 0.3 is 6.16 Å². The molecule has 0 spiro atoms. The number of halogens is 1. The quantitative estimate of drug-likeness (QED) is 0.365. The molecule has 0 aliphatic heterocycles. The molecule has 0 radical (unpaired) electrons. The maximum Gasteiger partial charge on any atom is 0.509 e. The van der Waals surface area contributed by atoms with Gasteiger partial charge in [-0.3, -0.25) is 0 Å². The molecule has 0 fully saturated rings. The lowest BCUT2D eigenvalue weighted by Gasteiger charge is -2.17. The van der Waals surface area contributed by atoms with Gasteiger partial charge in [0.15, 0.2) is 4.11 Å². The van der Waals surface area contributed by atoms with Gasteiger partial charge in [-0.25, -0.2) is 4.79 Å². The molecule has 1 atom stereocenters. The van der Waals surface area contributed by atoms with Crippen LogP contribution < -0.4 is 0 Å². The number of rotatable bonds is 8. The third-order valence-corrected chi connectivity index (χ3v) is 2.54. The minimum atomic E-state index is -0.529. The van der Waals surface area contributed by atoms with E-state index in [0.717, 1.165) is 38.5 Å². The number of ether oxygens (including phenoxy) is 2. The molecule has 0 saturated carbocycles. The fourth-order valence-electron chi connectivity index (χ4n) is 1.42. The molecule has 0 rings (SSSR count). The lowest BCUT2D eigenvalue weighted by molar-refractivity contribution is 0.0161. The van der Waals surface area contributed by atoms with Crippen molar-refractivity contribution in [3.63, 3.8) is 0 Å². The number of hydrogen-bond acceptors (Lipinski definition) is 3. The van der Waals surface area contributed by atoms with Crippen molar-refractivity contribution in [3.05, 3.63) is 0 Å². The second-order valence-electron chi connectivity index (χ2n) is 3.94. The molecule has 0 saturated heterocycles. The Labute approximate surface area is 112 Å². The van der Waals surface area contributed by atoms with Crippen LogP contribution >= 0.6 is 22.6 Å². The topological polar surface area (TPSA) is 35.5 Å². The lowest BCUT2D eigenvalue weighted by Crippen LogP contribution is -2.20. The van der Waals surface area contributed by atoms with Crippen LogP contribution in [0.2, 0.25) is 0 Å². The smallest absolute Gasteiger partial charge is 0.431 e. The van der Waals surface area contributed by atoms with Crippen molar-refractivity contribution in [2.45, 2.75) is 69.5 Å². The molecule has 0 aromatic rings. The van der Waals surface area contributed by atoms with E-state index in [-0.39, 0.29) is 10.2 Å². The third-order valence-electron chi connectivity index (χ3n) is 2.28.